The van der Waals surface area contributed by atoms with Crippen molar-refractivity contribution in [2.45, 2.75) is 13.0 Å². The van der Waals surface area contributed by atoms with Crippen LogP contribution in [0.15, 0.2) is 40.9 Å². The second-order valence-corrected chi connectivity index (χ2v) is 5.08. The van der Waals surface area contributed by atoms with Crippen LogP contribution in [0.25, 0.3) is 0 Å². The Morgan fingerprint density at radius 1 is 0.947 bits per heavy atom. The second-order valence-electron chi connectivity index (χ2n) is 4.16. The zero-order valence-corrected chi connectivity index (χ0v) is 11.6. The van der Waals surface area contributed by atoms with Gasteiger partial charge in [0, 0.05) is 10.5 Å². The molecule has 100 valence electrons. The van der Waals surface area contributed by atoms with Gasteiger partial charge in [-0.1, -0.05) is 22.0 Å². The first-order valence-corrected chi connectivity index (χ1v) is 6.43. The van der Waals surface area contributed by atoms with E-state index in [-0.39, 0.29) is 6.04 Å². The molecule has 0 aliphatic carbocycles. The molecule has 0 aliphatic heterocycles. The third-order valence-corrected chi connectivity index (χ3v) is 3.24. The topological polar surface area (TPSA) is 12.0 Å². The lowest BCUT2D eigenvalue weighted by molar-refractivity contribution is 0.506. The van der Waals surface area contributed by atoms with Gasteiger partial charge in [-0.25, -0.2) is 13.2 Å². The maximum absolute atomic E-state index is 13.6. The van der Waals surface area contributed by atoms with Gasteiger partial charge >= 0.3 is 0 Å². The molecule has 0 aliphatic rings. The molecule has 0 saturated heterocycles. The number of benzene rings is 2. The van der Waals surface area contributed by atoms with Gasteiger partial charge in [-0.3, -0.25) is 0 Å². The van der Waals surface area contributed by atoms with E-state index in [0.717, 1.165) is 12.1 Å². The van der Waals surface area contributed by atoms with Crippen molar-refractivity contribution < 1.29 is 13.2 Å². The standard InChI is InChI=1S/C14H11BrF3N/c1-8(9-2-4-11(16)12(17)6-9)19-14-5-3-10(15)7-13(14)18/h2-8,19H,1H3. The molecule has 0 aromatic heterocycles. The van der Waals surface area contributed by atoms with Gasteiger partial charge in [-0.05, 0) is 42.8 Å². The Bertz CT molecular complexity index is 601. The van der Waals surface area contributed by atoms with E-state index in [9.17, 15) is 13.2 Å². The van der Waals surface area contributed by atoms with E-state index < -0.39 is 17.5 Å². The molecule has 1 N–H and O–H groups in total. The van der Waals surface area contributed by atoms with Crippen LogP contribution in [-0.4, -0.2) is 0 Å². The highest BCUT2D eigenvalue weighted by molar-refractivity contribution is 9.10. The molecule has 2 aromatic rings. The van der Waals surface area contributed by atoms with Crippen molar-refractivity contribution in [1.82, 2.24) is 0 Å². The first-order valence-electron chi connectivity index (χ1n) is 5.64. The third kappa shape index (κ3) is 3.29. The Balaban J connectivity index is 2.20. The number of hydrogen-bond donors (Lipinski definition) is 1. The van der Waals surface area contributed by atoms with E-state index >= 15 is 0 Å². The monoisotopic (exact) mass is 329 g/mol. The van der Waals surface area contributed by atoms with Crippen molar-refractivity contribution in [2.24, 2.45) is 0 Å². The average Bonchev–Trinajstić information content (AvgIpc) is 2.36. The Labute approximate surface area is 117 Å². The summed E-state index contributed by atoms with van der Waals surface area (Å²) < 4.78 is 40.2. The Morgan fingerprint density at radius 3 is 2.32 bits per heavy atom. The molecule has 0 bridgehead atoms. The number of nitrogens with one attached hydrogen (secondary N) is 1. The number of hydrogen-bond acceptors (Lipinski definition) is 1. The molecule has 0 fully saturated rings. The molecule has 1 unspecified atom stereocenters. The maximum Gasteiger partial charge on any atom is 0.159 e. The van der Waals surface area contributed by atoms with Crippen LogP contribution in [0, 0.1) is 17.5 Å². The van der Waals surface area contributed by atoms with E-state index in [0.29, 0.717) is 15.7 Å². The molecule has 0 radical (unpaired) electrons. The molecule has 0 amide bonds. The Kier molecular flexibility index (Phi) is 4.14. The van der Waals surface area contributed by atoms with Crippen molar-refractivity contribution in [2.75, 3.05) is 5.32 Å². The lowest BCUT2D eigenvalue weighted by Crippen LogP contribution is -2.08. The predicted molar refractivity (Wildman–Crippen MR) is 72.5 cm³/mol. The number of halogens is 4. The molecule has 2 aromatic carbocycles. The summed E-state index contributed by atoms with van der Waals surface area (Å²) in [4.78, 5) is 0. The molecule has 5 heteroatoms. The highest BCUT2D eigenvalue weighted by Crippen LogP contribution is 2.25. The van der Waals surface area contributed by atoms with Gasteiger partial charge in [0.05, 0.1) is 5.69 Å². The lowest BCUT2D eigenvalue weighted by atomic mass is 10.1. The molecule has 0 spiro atoms. The minimum atomic E-state index is -0.914. The molecule has 1 atom stereocenters. The zero-order chi connectivity index (χ0) is 14.0. The molecule has 1 nitrogen and oxygen atoms in total. The van der Waals surface area contributed by atoms with Crippen LogP contribution in [0.5, 0.6) is 0 Å². The molecule has 2 rings (SSSR count). The first kappa shape index (κ1) is 13.9. The smallest absolute Gasteiger partial charge is 0.159 e. The summed E-state index contributed by atoms with van der Waals surface area (Å²) in [6.45, 7) is 1.74. The van der Waals surface area contributed by atoms with Crippen molar-refractivity contribution in [3.63, 3.8) is 0 Å². The van der Waals surface area contributed by atoms with Crippen LogP contribution < -0.4 is 5.32 Å². The van der Waals surface area contributed by atoms with Crippen LogP contribution in [-0.2, 0) is 0 Å². The Hall–Kier alpha value is -1.49. The summed E-state index contributed by atoms with van der Waals surface area (Å²) >= 11 is 3.17. The molecule has 19 heavy (non-hydrogen) atoms. The molecule has 0 saturated carbocycles. The summed E-state index contributed by atoms with van der Waals surface area (Å²) in [5, 5.41) is 2.92. The molecular weight excluding hydrogens is 319 g/mol. The predicted octanol–water partition coefficient (Wildman–Crippen LogP) is 5.04. The van der Waals surface area contributed by atoms with Crippen LogP contribution in [0.2, 0.25) is 0 Å². The van der Waals surface area contributed by atoms with Gasteiger partial charge in [0.1, 0.15) is 5.82 Å². The van der Waals surface area contributed by atoms with E-state index in [1.165, 1.54) is 12.1 Å². The third-order valence-electron chi connectivity index (χ3n) is 2.75. The van der Waals surface area contributed by atoms with Crippen LogP contribution >= 0.6 is 15.9 Å². The minimum absolute atomic E-state index is 0.306. The fourth-order valence-electron chi connectivity index (χ4n) is 1.70. The fourth-order valence-corrected chi connectivity index (χ4v) is 2.04. The van der Waals surface area contributed by atoms with E-state index in [1.54, 1.807) is 19.1 Å². The summed E-state index contributed by atoms with van der Waals surface area (Å²) in [7, 11) is 0. The van der Waals surface area contributed by atoms with Gasteiger partial charge in [0.25, 0.3) is 0 Å². The van der Waals surface area contributed by atoms with Crippen LogP contribution in [0.3, 0.4) is 0 Å². The molecular formula is C14H11BrF3N. The summed E-state index contributed by atoms with van der Waals surface area (Å²) in [6, 6.07) is 7.89. The highest BCUT2D eigenvalue weighted by Gasteiger charge is 2.11. The number of rotatable bonds is 3. The lowest BCUT2D eigenvalue weighted by Gasteiger charge is -2.16. The minimum Gasteiger partial charge on any atom is -0.376 e. The van der Waals surface area contributed by atoms with Gasteiger partial charge in [-0.2, -0.15) is 0 Å². The summed E-state index contributed by atoms with van der Waals surface area (Å²) in [5.74, 6) is -2.22. The van der Waals surface area contributed by atoms with Crippen molar-refractivity contribution >= 4 is 21.6 Å². The van der Waals surface area contributed by atoms with Crippen LogP contribution in [0.4, 0.5) is 18.9 Å². The van der Waals surface area contributed by atoms with Crippen molar-refractivity contribution in [3.05, 3.63) is 63.9 Å². The van der Waals surface area contributed by atoms with Crippen molar-refractivity contribution in [1.29, 1.82) is 0 Å². The maximum atomic E-state index is 13.6. The van der Waals surface area contributed by atoms with E-state index in [2.05, 4.69) is 21.2 Å². The highest BCUT2D eigenvalue weighted by atomic mass is 79.9. The summed E-state index contributed by atoms with van der Waals surface area (Å²) in [6.07, 6.45) is 0. The normalized spacial score (nSPS) is 12.3. The fraction of sp³-hybridized carbons (Fsp3) is 0.143. The van der Waals surface area contributed by atoms with Crippen molar-refractivity contribution in [3.8, 4) is 0 Å². The second kappa shape index (κ2) is 5.65. The largest absolute Gasteiger partial charge is 0.376 e. The van der Waals surface area contributed by atoms with E-state index in [4.69, 9.17) is 0 Å². The molecule has 0 heterocycles. The van der Waals surface area contributed by atoms with Gasteiger partial charge in [-0.15, -0.1) is 0 Å². The van der Waals surface area contributed by atoms with E-state index in [1.807, 2.05) is 0 Å². The van der Waals surface area contributed by atoms with Gasteiger partial charge < -0.3 is 5.32 Å². The zero-order valence-electron chi connectivity index (χ0n) is 10.1. The van der Waals surface area contributed by atoms with Gasteiger partial charge in [0.2, 0.25) is 0 Å². The van der Waals surface area contributed by atoms with Gasteiger partial charge in [0.15, 0.2) is 11.6 Å². The first-order chi connectivity index (χ1) is 8.97. The Morgan fingerprint density at radius 2 is 1.68 bits per heavy atom. The average molecular weight is 330 g/mol. The summed E-state index contributed by atoms with van der Waals surface area (Å²) in [5.41, 5.74) is 0.849. The SMILES string of the molecule is CC(Nc1ccc(Br)cc1F)c1ccc(F)c(F)c1. The quantitative estimate of drug-likeness (QED) is 0.831. The number of anilines is 1. The van der Waals surface area contributed by atoms with Crippen LogP contribution in [0.1, 0.15) is 18.5 Å².